The fourth-order valence-electron chi connectivity index (χ4n) is 3.17. The van der Waals surface area contributed by atoms with E-state index >= 15 is 0 Å². The van der Waals surface area contributed by atoms with E-state index in [0.717, 1.165) is 28.9 Å². The van der Waals surface area contributed by atoms with E-state index in [2.05, 4.69) is 14.9 Å². The normalized spacial score (nSPS) is 13.3. The van der Waals surface area contributed by atoms with E-state index in [1.54, 1.807) is 18.2 Å². The van der Waals surface area contributed by atoms with Crippen molar-refractivity contribution in [2.45, 2.75) is 19.3 Å². The Hall–Kier alpha value is -3.13. The van der Waals surface area contributed by atoms with Crippen molar-refractivity contribution in [1.82, 2.24) is 10.2 Å². The summed E-state index contributed by atoms with van der Waals surface area (Å²) in [7, 11) is -1.34. The fourth-order valence-corrected chi connectivity index (χ4v) is 3.17. The number of hydrogen-bond donors (Lipinski definition) is 2. The molecule has 0 aliphatic heterocycles. The minimum Gasteiger partial charge on any atom is -0.508 e. The van der Waals surface area contributed by atoms with Crippen LogP contribution in [0.2, 0.25) is 0 Å². The van der Waals surface area contributed by atoms with E-state index in [0.29, 0.717) is 29.0 Å². The molecule has 4 rings (SSSR count). The van der Waals surface area contributed by atoms with Gasteiger partial charge in [0.2, 0.25) is 0 Å². The average molecular weight is 377 g/mol. The number of aromatic nitrogens is 2. The summed E-state index contributed by atoms with van der Waals surface area (Å²) in [4.78, 5) is 10.6. The largest absolute Gasteiger partial charge is 0.561 e. The van der Waals surface area contributed by atoms with Gasteiger partial charge in [-0.1, -0.05) is 25.0 Å². The molecule has 7 nitrogen and oxygen atoms in total. The van der Waals surface area contributed by atoms with Crippen LogP contribution in [0.5, 0.6) is 5.75 Å². The number of nitrogens with zero attached hydrogens (tertiary/aromatic N) is 2. The first kappa shape index (κ1) is 18.2. The standard InChI is InChI=1S/C20H20BN3O4/c22-18-11-23-24-19-9-14(3-5-16(18)19)17-10-15(21(26)28-12-25)4-6-20(17)27-8-7-13-1-2-13/h3-6,9-13,26H,1-2,7-8H2,(H2,22,24). The lowest BCUT2D eigenvalue weighted by Crippen LogP contribution is -2.33. The number of hydrogen-bond acceptors (Lipinski definition) is 7. The topological polar surface area (TPSA) is 108 Å². The summed E-state index contributed by atoms with van der Waals surface area (Å²) in [5.41, 5.74) is 9.25. The van der Waals surface area contributed by atoms with Gasteiger partial charge in [0.1, 0.15) is 5.75 Å². The molecular weight excluding hydrogens is 357 g/mol. The first-order valence-corrected chi connectivity index (χ1v) is 9.21. The summed E-state index contributed by atoms with van der Waals surface area (Å²) in [6, 6.07) is 10.9. The van der Waals surface area contributed by atoms with Crippen LogP contribution in [0.25, 0.3) is 22.0 Å². The SMILES string of the molecule is Nc1cnnc2cc(-c3cc(B(O)OC=O)ccc3OCCC3CC3)ccc12. The maximum absolute atomic E-state index is 10.6. The van der Waals surface area contributed by atoms with Crippen molar-refractivity contribution in [3.63, 3.8) is 0 Å². The van der Waals surface area contributed by atoms with Gasteiger partial charge in [-0.25, -0.2) is 0 Å². The van der Waals surface area contributed by atoms with E-state index in [1.807, 2.05) is 18.2 Å². The number of nitrogen functional groups attached to an aromatic ring is 1. The Kier molecular flexibility index (Phi) is 5.12. The Bertz CT molecular complexity index is 1010. The van der Waals surface area contributed by atoms with Gasteiger partial charge in [0.15, 0.2) is 0 Å². The Labute approximate surface area is 162 Å². The van der Waals surface area contributed by atoms with Gasteiger partial charge in [0.25, 0.3) is 6.47 Å². The van der Waals surface area contributed by atoms with Crippen molar-refractivity contribution in [2.24, 2.45) is 5.92 Å². The van der Waals surface area contributed by atoms with E-state index < -0.39 is 7.12 Å². The second kappa shape index (κ2) is 7.86. The van der Waals surface area contributed by atoms with Gasteiger partial charge in [-0.05, 0) is 47.6 Å². The molecule has 0 spiro atoms. The summed E-state index contributed by atoms with van der Waals surface area (Å²) in [5.74, 6) is 1.46. The summed E-state index contributed by atoms with van der Waals surface area (Å²) in [6.45, 7) is 0.851. The lowest BCUT2D eigenvalue weighted by atomic mass is 9.78. The molecule has 0 saturated heterocycles. The van der Waals surface area contributed by atoms with E-state index in [4.69, 9.17) is 10.5 Å². The third kappa shape index (κ3) is 3.92. The summed E-state index contributed by atoms with van der Waals surface area (Å²) in [5, 5.41) is 18.9. The van der Waals surface area contributed by atoms with E-state index in [1.165, 1.54) is 19.0 Å². The molecule has 0 amide bonds. The van der Waals surface area contributed by atoms with Crippen LogP contribution in [-0.4, -0.2) is 35.4 Å². The number of carbonyl (C=O) groups is 1. The molecule has 0 atom stereocenters. The summed E-state index contributed by atoms with van der Waals surface area (Å²) in [6.07, 6.45) is 5.09. The third-order valence-corrected chi connectivity index (χ3v) is 4.94. The predicted octanol–water partition coefficient (Wildman–Crippen LogP) is 1.92. The van der Waals surface area contributed by atoms with Gasteiger partial charge in [-0.15, -0.1) is 0 Å². The molecule has 2 aromatic carbocycles. The smallest absolute Gasteiger partial charge is 0.508 e. The molecule has 1 saturated carbocycles. The number of carbonyl (C=O) groups excluding carboxylic acids is 1. The quantitative estimate of drug-likeness (QED) is 0.456. The van der Waals surface area contributed by atoms with E-state index in [-0.39, 0.29) is 6.47 Å². The monoisotopic (exact) mass is 377 g/mol. The first-order chi connectivity index (χ1) is 13.7. The molecule has 28 heavy (non-hydrogen) atoms. The first-order valence-electron chi connectivity index (χ1n) is 9.21. The van der Waals surface area contributed by atoms with Crippen LogP contribution in [0.1, 0.15) is 19.3 Å². The second-order valence-corrected chi connectivity index (χ2v) is 6.95. The molecule has 1 fully saturated rings. The van der Waals surface area contributed by atoms with Crippen LogP contribution >= 0.6 is 0 Å². The molecule has 142 valence electrons. The van der Waals surface area contributed by atoms with Crippen LogP contribution in [0.15, 0.2) is 42.6 Å². The Morgan fingerprint density at radius 1 is 1.25 bits per heavy atom. The maximum Gasteiger partial charge on any atom is 0.561 e. The molecule has 1 heterocycles. The van der Waals surface area contributed by atoms with Gasteiger partial charge in [-0.2, -0.15) is 10.2 Å². The summed E-state index contributed by atoms with van der Waals surface area (Å²) >= 11 is 0. The number of anilines is 1. The van der Waals surface area contributed by atoms with Crippen molar-refractivity contribution in [3.05, 3.63) is 42.6 Å². The van der Waals surface area contributed by atoms with Crippen LogP contribution < -0.4 is 15.9 Å². The Morgan fingerprint density at radius 2 is 2.11 bits per heavy atom. The lowest BCUT2D eigenvalue weighted by Gasteiger charge is -2.14. The third-order valence-electron chi connectivity index (χ3n) is 4.94. The van der Waals surface area contributed by atoms with Crippen molar-refractivity contribution in [2.75, 3.05) is 12.3 Å². The molecular formula is C20H20BN3O4. The Morgan fingerprint density at radius 3 is 2.89 bits per heavy atom. The van der Waals surface area contributed by atoms with Gasteiger partial charge >= 0.3 is 7.12 Å². The highest BCUT2D eigenvalue weighted by molar-refractivity contribution is 6.61. The fraction of sp³-hybridized carbons (Fsp3) is 0.250. The molecule has 1 aliphatic carbocycles. The number of nitrogens with two attached hydrogens (primary N) is 1. The van der Waals surface area contributed by atoms with Crippen molar-refractivity contribution in [3.8, 4) is 16.9 Å². The van der Waals surface area contributed by atoms with Gasteiger partial charge in [-0.3, -0.25) is 4.79 Å². The highest BCUT2D eigenvalue weighted by atomic mass is 16.5. The van der Waals surface area contributed by atoms with Gasteiger partial charge in [0.05, 0.1) is 24.0 Å². The van der Waals surface area contributed by atoms with Crippen molar-refractivity contribution in [1.29, 1.82) is 0 Å². The second-order valence-electron chi connectivity index (χ2n) is 6.95. The molecule has 3 aromatic rings. The molecule has 0 unspecified atom stereocenters. The van der Waals surface area contributed by atoms with Crippen molar-refractivity contribution < 1.29 is 19.2 Å². The average Bonchev–Trinajstić information content (AvgIpc) is 3.53. The minimum atomic E-state index is -1.34. The molecule has 3 N–H and O–H groups in total. The van der Waals surface area contributed by atoms with Gasteiger partial charge < -0.3 is 20.1 Å². The highest BCUT2D eigenvalue weighted by Gasteiger charge is 2.22. The molecule has 1 aromatic heterocycles. The zero-order valence-corrected chi connectivity index (χ0v) is 15.2. The molecule has 0 radical (unpaired) electrons. The van der Waals surface area contributed by atoms with Crippen LogP contribution in [-0.2, 0) is 9.45 Å². The zero-order chi connectivity index (χ0) is 19.5. The van der Waals surface area contributed by atoms with Crippen molar-refractivity contribution >= 4 is 35.6 Å². The molecule has 1 aliphatic rings. The lowest BCUT2D eigenvalue weighted by molar-refractivity contribution is -0.121. The molecule has 8 heteroatoms. The van der Waals surface area contributed by atoms with Gasteiger partial charge in [0, 0.05) is 10.9 Å². The maximum atomic E-state index is 10.6. The zero-order valence-electron chi connectivity index (χ0n) is 15.2. The van der Waals surface area contributed by atoms with Crippen LogP contribution in [0.4, 0.5) is 5.69 Å². The minimum absolute atomic E-state index is 0.221. The van der Waals surface area contributed by atoms with E-state index in [9.17, 15) is 9.82 Å². The van der Waals surface area contributed by atoms with Crippen LogP contribution in [0, 0.1) is 5.92 Å². The number of rotatable bonds is 8. The Balaban J connectivity index is 1.72. The summed E-state index contributed by atoms with van der Waals surface area (Å²) < 4.78 is 10.7. The molecule has 0 bridgehead atoms. The predicted molar refractivity (Wildman–Crippen MR) is 107 cm³/mol. The highest BCUT2D eigenvalue weighted by Crippen LogP contribution is 2.34. The number of ether oxygens (including phenoxy) is 1. The number of benzene rings is 2. The van der Waals surface area contributed by atoms with Crippen LogP contribution in [0.3, 0.4) is 0 Å². The number of fused-ring (bicyclic) bond motifs is 1.